The van der Waals surface area contributed by atoms with E-state index in [0.29, 0.717) is 18.4 Å². The molecule has 2 aliphatic heterocycles. The highest BCUT2D eigenvalue weighted by Crippen LogP contribution is 2.20. The molecule has 134 valence electrons. The van der Waals surface area contributed by atoms with Gasteiger partial charge in [-0.2, -0.15) is 0 Å². The number of hydrogen-bond donors (Lipinski definition) is 0. The lowest BCUT2D eigenvalue weighted by atomic mass is 10.1. The van der Waals surface area contributed by atoms with Gasteiger partial charge in [0, 0.05) is 18.7 Å². The number of ether oxygens (including phenoxy) is 2. The third-order valence-electron chi connectivity index (χ3n) is 4.36. The fourth-order valence-corrected chi connectivity index (χ4v) is 3.01. The van der Waals surface area contributed by atoms with Gasteiger partial charge >= 0.3 is 0 Å². The molecule has 26 heavy (non-hydrogen) atoms. The fraction of sp³-hybridized carbons (Fsp3) is 0.316. The molecule has 0 aliphatic carbocycles. The molecule has 6 nitrogen and oxygen atoms in total. The van der Waals surface area contributed by atoms with Crippen LogP contribution in [0.25, 0.3) is 0 Å². The van der Waals surface area contributed by atoms with E-state index in [1.807, 2.05) is 30.3 Å². The van der Waals surface area contributed by atoms with Crippen molar-refractivity contribution in [3.05, 3.63) is 58.8 Å². The lowest BCUT2D eigenvalue weighted by molar-refractivity contribution is 0.344. The first-order valence-electron chi connectivity index (χ1n) is 8.60. The quantitative estimate of drug-likeness (QED) is 0.757. The summed E-state index contributed by atoms with van der Waals surface area (Å²) in [6, 6.07) is 11.5. The van der Waals surface area contributed by atoms with E-state index in [-0.39, 0.29) is 0 Å². The first-order chi connectivity index (χ1) is 12.8. The van der Waals surface area contributed by atoms with Crippen molar-refractivity contribution < 1.29 is 9.47 Å². The van der Waals surface area contributed by atoms with Crippen LogP contribution in [0.5, 0.6) is 5.75 Å². The molecule has 1 aromatic heterocycles. The molecular formula is C19H19ClN4O2. The zero-order chi connectivity index (χ0) is 17.8. The summed E-state index contributed by atoms with van der Waals surface area (Å²) < 4.78 is 11.4. The third kappa shape index (κ3) is 3.96. The number of nitrogens with zero attached hydrogens (tertiary/aromatic N) is 4. The predicted octanol–water partition coefficient (Wildman–Crippen LogP) is 3.12. The van der Waals surface area contributed by atoms with Gasteiger partial charge in [0.25, 0.3) is 0 Å². The average Bonchev–Trinajstić information content (AvgIpc) is 3.23. The second-order valence-corrected chi connectivity index (χ2v) is 6.51. The van der Waals surface area contributed by atoms with Crippen LogP contribution in [0.2, 0.25) is 5.15 Å². The second-order valence-electron chi connectivity index (χ2n) is 6.12. The van der Waals surface area contributed by atoms with Crippen LogP contribution in [0.15, 0.2) is 53.0 Å². The second kappa shape index (κ2) is 7.74. The molecule has 0 saturated carbocycles. The number of rotatable bonds is 5. The maximum atomic E-state index is 5.91. The largest absolute Gasteiger partial charge is 0.489 e. The summed E-state index contributed by atoms with van der Waals surface area (Å²) in [5.74, 6) is 2.41. The molecule has 0 radical (unpaired) electrons. The van der Waals surface area contributed by atoms with Gasteiger partial charge in [-0.1, -0.05) is 17.7 Å². The molecule has 0 amide bonds. The molecule has 1 aromatic carbocycles. The number of hydrogen-bond acceptors (Lipinski definition) is 6. The fourth-order valence-electron chi connectivity index (χ4n) is 2.91. The molecule has 4 rings (SSSR count). The lowest BCUT2D eigenvalue weighted by Gasteiger charge is -2.27. The number of aliphatic imine (C=N–C) groups is 1. The number of anilines is 1. The topological polar surface area (TPSA) is 59.8 Å². The summed E-state index contributed by atoms with van der Waals surface area (Å²) in [5, 5.41) is 8.43. The van der Waals surface area contributed by atoms with Crippen molar-refractivity contribution in [2.24, 2.45) is 4.99 Å². The minimum Gasteiger partial charge on any atom is -0.489 e. The number of aromatic nitrogens is 2. The van der Waals surface area contributed by atoms with Crippen molar-refractivity contribution in [1.29, 1.82) is 0 Å². The molecule has 7 heteroatoms. The van der Waals surface area contributed by atoms with E-state index in [1.54, 1.807) is 6.07 Å². The first-order valence-corrected chi connectivity index (χ1v) is 8.98. The zero-order valence-electron chi connectivity index (χ0n) is 14.3. The highest BCUT2D eigenvalue weighted by Gasteiger charge is 2.14. The number of benzene rings is 1. The Morgan fingerprint density at radius 1 is 1.12 bits per heavy atom. The van der Waals surface area contributed by atoms with E-state index >= 15 is 0 Å². The van der Waals surface area contributed by atoms with Gasteiger partial charge in [0.15, 0.2) is 11.0 Å². The molecule has 0 saturated heterocycles. The van der Waals surface area contributed by atoms with Gasteiger partial charge in [-0.3, -0.25) is 0 Å². The van der Waals surface area contributed by atoms with Gasteiger partial charge in [-0.15, -0.1) is 10.2 Å². The minimum absolute atomic E-state index is 0.410. The summed E-state index contributed by atoms with van der Waals surface area (Å²) in [6.45, 7) is 3.68. The summed E-state index contributed by atoms with van der Waals surface area (Å²) >= 11 is 5.79. The molecule has 0 atom stereocenters. The summed E-state index contributed by atoms with van der Waals surface area (Å²) in [7, 11) is 0. The van der Waals surface area contributed by atoms with Crippen molar-refractivity contribution in [2.75, 3.05) is 37.7 Å². The molecular weight excluding hydrogens is 352 g/mol. The Morgan fingerprint density at radius 3 is 2.65 bits per heavy atom. The first kappa shape index (κ1) is 16.8. The minimum atomic E-state index is 0.410. The van der Waals surface area contributed by atoms with Gasteiger partial charge < -0.3 is 14.4 Å². The Labute approximate surface area is 157 Å². The van der Waals surface area contributed by atoms with Gasteiger partial charge in [-0.25, -0.2) is 4.99 Å². The zero-order valence-corrected chi connectivity index (χ0v) is 15.0. The Bertz CT molecular complexity index is 818. The van der Waals surface area contributed by atoms with Crippen LogP contribution >= 0.6 is 11.6 Å². The maximum absolute atomic E-state index is 5.91. The molecule has 0 spiro atoms. The molecule has 0 fully saturated rings. The molecule has 2 aromatic rings. The summed E-state index contributed by atoms with van der Waals surface area (Å²) in [6.07, 6.45) is 3.13. The SMILES string of the molecule is Clc1ccc(N2CC=C(COc3ccc(C4=NCCO4)cc3)CC2)nn1. The van der Waals surface area contributed by atoms with Crippen LogP contribution in [-0.4, -0.2) is 48.9 Å². The standard InChI is InChI=1S/C19H19ClN4O2/c20-17-5-6-18(23-22-17)24-10-7-14(8-11-24)13-26-16-3-1-15(2-4-16)19-21-9-12-25-19/h1-7H,8-13H2. The van der Waals surface area contributed by atoms with Gasteiger partial charge in [-0.05, 0) is 48.4 Å². The van der Waals surface area contributed by atoms with Crippen LogP contribution in [0.4, 0.5) is 5.82 Å². The van der Waals surface area contributed by atoms with Gasteiger partial charge in [0.1, 0.15) is 19.0 Å². The van der Waals surface area contributed by atoms with Crippen molar-refractivity contribution in [3.63, 3.8) is 0 Å². The van der Waals surface area contributed by atoms with E-state index in [2.05, 4.69) is 26.2 Å². The molecule has 0 bridgehead atoms. The normalized spacial score (nSPS) is 16.7. The van der Waals surface area contributed by atoms with Crippen molar-refractivity contribution in [3.8, 4) is 5.75 Å². The molecule has 3 heterocycles. The van der Waals surface area contributed by atoms with Crippen molar-refractivity contribution in [1.82, 2.24) is 10.2 Å². The lowest BCUT2D eigenvalue weighted by Crippen LogP contribution is -2.30. The van der Waals surface area contributed by atoms with Crippen LogP contribution < -0.4 is 9.64 Å². The molecule has 0 N–H and O–H groups in total. The highest BCUT2D eigenvalue weighted by atomic mass is 35.5. The van der Waals surface area contributed by atoms with Gasteiger partial charge in [0.05, 0.1) is 6.54 Å². The Hall–Kier alpha value is -2.60. The summed E-state index contributed by atoms with van der Waals surface area (Å²) in [5.41, 5.74) is 2.28. The van der Waals surface area contributed by atoms with Crippen LogP contribution in [0.1, 0.15) is 12.0 Å². The van der Waals surface area contributed by atoms with Crippen molar-refractivity contribution in [2.45, 2.75) is 6.42 Å². The van der Waals surface area contributed by atoms with Crippen LogP contribution in [0, 0.1) is 0 Å². The Morgan fingerprint density at radius 2 is 2.00 bits per heavy atom. The smallest absolute Gasteiger partial charge is 0.216 e. The third-order valence-corrected chi connectivity index (χ3v) is 4.56. The van der Waals surface area contributed by atoms with Crippen molar-refractivity contribution >= 4 is 23.3 Å². The predicted molar refractivity (Wildman–Crippen MR) is 101 cm³/mol. The van der Waals surface area contributed by atoms with E-state index < -0.39 is 0 Å². The Kier molecular flexibility index (Phi) is 5.02. The van der Waals surface area contributed by atoms with Crippen LogP contribution in [-0.2, 0) is 4.74 Å². The summed E-state index contributed by atoms with van der Waals surface area (Å²) in [4.78, 5) is 6.49. The van der Waals surface area contributed by atoms with E-state index in [0.717, 1.165) is 49.1 Å². The van der Waals surface area contributed by atoms with Crippen LogP contribution in [0.3, 0.4) is 0 Å². The number of halogens is 1. The molecule has 2 aliphatic rings. The highest BCUT2D eigenvalue weighted by molar-refractivity contribution is 6.29. The van der Waals surface area contributed by atoms with E-state index in [4.69, 9.17) is 21.1 Å². The molecule has 0 unspecified atom stereocenters. The van der Waals surface area contributed by atoms with E-state index in [1.165, 1.54) is 5.57 Å². The maximum Gasteiger partial charge on any atom is 0.216 e. The average molecular weight is 371 g/mol. The monoisotopic (exact) mass is 370 g/mol. The Balaban J connectivity index is 1.30. The van der Waals surface area contributed by atoms with Gasteiger partial charge in [0.2, 0.25) is 5.90 Å². The van der Waals surface area contributed by atoms with E-state index in [9.17, 15) is 0 Å².